The summed E-state index contributed by atoms with van der Waals surface area (Å²) in [5, 5.41) is 10.6. The van der Waals surface area contributed by atoms with Gasteiger partial charge in [-0.15, -0.1) is 0 Å². The van der Waals surface area contributed by atoms with Crippen LogP contribution in [-0.2, 0) is 65.4 Å². The van der Waals surface area contributed by atoms with Crippen LogP contribution >= 0.6 is 15.6 Å². The van der Waals surface area contributed by atoms with Crippen LogP contribution < -0.4 is 0 Å². The van der Waals surface area contributed by atoms with Gasteiger partial charge in [0, 0.05) is 25.7 Å². The van der Waals surface area contributed by atoms with Crippen molar-refractivity contribution in [1.29, 1.82) is 0 Å². The van der Waals surface area contributed by atoms with Crippen LogP contribution in [0.3, 0.4) is 0 Å². The van der Waals surface area contributed by atoms with E-state index in [0.29, 0.717) is 25.7 Å². The molecule has 0 saturated carbocycles. The van der Waals surface area contributed by atoms with E-state index >= 15 is 0 Å². The van der Waals surface area contributed by atoms with Crippen LogP contribution in [0.5, 0.6) is 0 Å². The number of hydrogen-bond acceptors (Lipinski definition) is 15. The molecule has 0 amide bonds. The lowest BCUT2D eigenvalue weighted by Gasteiger charge is -2.21. The third-order valence-electron chi connectivity index (χ3n) is 16.9. The Balaban J connectivity index is 5.18. The van der Waals surface area contributed by atoms with Crippen molar-refractivity contribution in [3.05, 3.63) is 0 Å². The number of phosphoric acid groups is 2. The first kappa shape index (κ1) is 89.1. The predicted molar refractivity (Wildman–Crippen MR) is 368 cm³/mol. The number of unbranched alkanes of at least 4 members (excludes halogenated alkanes) is 47. The summed E-state index contributed by atoms with van der Waals surface area (Å²) in [4.78, 5) is 72.5. The van der Waals surface area contributed by atoms with Gasteiger partial charge in [-0.2, -0.15) is 0 Å². The van der Waals surface area contributed by atoms with Gasteiger partial charge < -0.3 is 33.8 Å². The number of phosphoric ester groups is 2. The van der Waals surface area contributed by atoms with Gasteiger partial charge in [-0.05, 0) is 25.7 Å². The molecule has 0 saturated heterocycles. The first-order valence-corrected chi connectivity index (χ1v) is 40.8. The summed E-state index contributed by atoms with van der Waals surface area (Å²) in [6.07, 6.45) is 55.5. The number of carbonyl (C=O) groups excluding carboxylic acids is 4. The minimum Gasteiger partial charge on any atom is -0.462 e. The van der Waals surface area contributed by atoms with Crippen LogP contribution in [0.15, 0.2) is 0 Å². The monoisotopic (exact) mass is 1340 g/mol. The Morgan fingerprint density at radius 3 is 0.648 bits per heavy atom. The predicted octanol–water partition coefficient (Wildman–Crippen LogP) is 21.1. The van der Waals surface area contributed by atoms with E-state index in [0.717, 1.165) is 103 Å². The fourth-order valence-electron chi connectivity index (χ4n) is 11.0. The van der Waals surface area contributed by atoms with Crippen molar-refractivity contribution in [2.75, 3.05) is 39.6 Å². The van der Waals surface area contributed by atoms with Crippen LogP contribution in [0.2, 0.25) is 0 Å². The SMILES string of the molecule is CCCCCCCCCCCCCCCCCCCCC(=O)O[C@H](COC(=O)CCCCCCCCCCCCCCC)COP(=O)(O)OC[C@@H](O)COP(=O)(O)OC[C@@H](COC(=O)CCCCCCCCC)OC(=O)CCCCCCCCCCCCCCC. The van der Waals surface area contributed by atoms with Crippen molar-refractivity contribution in [1.82, 2.24) is 0 Å². The Kier molecular flexibility index (Phi) is 65.2. The van der Waals surface area contributed by atoms with Gasteiger partial charge in [-0.25, -0.2) is 9.13 Å². The second-order valence-corrected chi connectivity index (χ2v) is 28.9. The summed E-state index contributed by atoms with van der Waals surface area (Å²) in [5.74, 6) is -2.12. The summed E-state index contributed by atoms with van der Waals surface area (Å²) in [6, 6.07) is 0. The molecule has 0 aromatic rings. The van der Waals surface area contributed by atoms with Crippen molar-refractivity contribution >= 4 is 39.5 Å². The number of rotatable bonds is 73. The maximum absolute atomic E-state index is 13.0. The molecule has 0 bridgehead atoms. The molecule has 0 spiro atoms. The Morgan fingerprint density at radius 1 is 0.264 bits per heavy atom. The number of aliphatic hydroxyl groups is 1. The van der Waals surface area contributed by atoms with Crippen LogP contribution in [0.4, 0.5) is 0 Å². The first-order chi connectivity index (χ1) is 44.2. The zero-order valence-electron chi connectivity index (χ0n) is 58.8. The van der Waals surface area contributed by atoms with E-state index in [1.165, 1.54) is 199 Å². The maximum atomic E-state index is 13.0. The molecule has 0 rings (SSSR count). The Hall–Kier alpha value is -1.94. The fraction of sp³-hybridized carbons (Fsp3) is 0.944. The van der Waals surface area contributed by atoms with Gasteiger partial charge in [-0.1, -0.05) is 329 Å². The Bertz CT molecular complexity index is 1740. The van der Waals surface area contributed by atoms with Crippen molar-refractivity contribution < 1.29 is 80.2 Å². The molecule has 540 valence electrons. The second kappa shape index (κ2) is 66.7. The van der Waals surface area contributed by atoms with Crippen molar-refractivity contribution in [3.8, 4) is 0 Å². The molecule has 19 heteroatoms. The number of hydrogen-bond donors (Lipinski definition) is 3. The zero-order valence-corrected chi connectivity index (χ0v) is 60.6. The normalized spacial score (nSPS) is 14.0. The zero-order chi connectivity index (χ0) is 66.8. The number of ether oxygens (including phenoxy) is 4. The molecule has 0 aliphatic rings. The Morgan fingerprint density at radius 2 is 0.440 bits per heavy atom. The molecule has 91 heavy (non-hydrogen) atoms. The quantitative estimate of drug-likeness (QED) is 0.0222. The molecular formula is C72H140O17P2. The van der Waals surface area contributed by atoms with E-state index < -0.39 is 97.5 Å². The van der Waals surface area contributed by atoms with Gasteiger partial charge in [0.15, 0.2) is 12.2 Å². The van der Waals surface area contributed by atoms with Crippen LogP contribution in [-0.4, -0.2) is 96.7 Å². The van der Waals surface area contributed by atoms with Crippen LogP contribution in [0, 0.1) is 0 Å². The number of carbonyl (C=O) groups is 4. The van der Waals surface area contributed by atoms with Gasteiger partial charge in [0.25, 0.3) is 0 Å². The summed E-state index contributed by atoms with van der Waals surface area (Å²) in [6.45, 7) is 4.93. The fourth-order valence-corrected chi connectivity index (χ4v) is 12.6. The van der Waals surface area contributed by atoms with Gasteiger partial charge in [-0.3, -0.25) is 37.3 Å². The average molecular weight is 1340 g/mol. The first-order valence-electron chi connectivity index (χ1n) is 37.8. The molecule has 0 radical (unpaired) electrons. The highest BCUT2D eigenvalue weighted by Crippen LogP contribution is 2.45. The number of esters is 4. The molecule has 0 aliphatic heterocycles. The molecule has 0 fully saturated rings. The van der Waals surface area contributed by atoms with Crippen LogP contribution in [0.1, 0.15) is 381 Å². The van der Waals surface area contributed by atoms with E-state index in [2.05, 4.69) is 27.7 Å². The molecule has 0 aromatic carbocycles. The van der Waals surface area contributed by atoms with E-state index in [1.807, 2.05) is 0 Å². The molecule has 0 aliphatic carbocycles. The van der Waals surface area contributed by atoms with E-state index in [9.17, 15) is 43.2 Å². The van der Waals surface area contributed by atoms with E-state index in [-0.39, 0.29) is 25.7 Å². The highest BCUT2D eigenvalue weighted by molar-refractivity contribution is 7.47. The molecule has 2 unspecified atom stereocenters. The largest absolute Gasteiger partial charge is 0.472 e. The molecular weight excluding hydrogens is 1200 g/mol. The second-order valence-electron chi connectivity index (χ2n) is 26.0. The Labute approximate surface area is 556 Å². The minimum atomic E-state index is -4.95. The highest BCUT2D eigenvalue weighted by Gasteiger charge is 2.30. The topological polar surface area (TPSA) is 237 Å². The van der Waals surface area contributed by atoms with Gasteiger partial charge in [0.2, 0.25) is 0 Å². The maximum Gasteiger partial charge on any atom is 0.472 e. The summed E-state index contributed by atoms with van der Waals surface area (Å²) < 4.78 is 68.3. The summed E-state index contributed by atoms with van der Waals surface area (Å²) in [7, 11) is -9.90. The van der Waals surface area contributed by atoms with Gasteiger partial charge in [0.05, 0.1) is 26.4 Å². The third-order valence-corrected chi connectivity index (χ3v) is 18.8. The molecule has 0 aromatic heterocycles. The minimum absolute atomic E-state index is 0.108. The van der Waals surface area contributed by atoms with E-state index in [4.69, 9.17) is 37.0 Å². The lowest BCUT2D eigenvalue weighted by molar-refractivity contribution is -0.161. The number of aliphatic hydroxyl groups excluding tert-OH is 1. The molecule has 5 atom stereocenters. The summed E-state index contributed by atoms with van der Waals surface area (Å²) in [5.41, 5.74) is 0. The lowest BCUT2D eigenvalue weighted by Crippen LogP contribution is -2.30. The van der Waals surface area contributed by atoms with Crippen molar-refractivity contribution in [3.63, 3.8) is 0 Å². The highest BCUT2D eigenvalue weighted by atomic mass is 31.2. The average Bonchev–Trinajstić information content (AvgIpc) is 3.74. The molecule has 17 nitrogen and oxygen atoms in total. The van der Waals surface area contributed by atoms with Gasteiger partial charge >= 0.3 is 39.5 Å². The molecule has 3 N–H and O–H groups in total. The smallest absolute Gasteiger partial charge is 0.462 e. The van der Waals surface area contributed by atoms with Gasteiger partial charge in [0.1, 0.15) is 19.3 Å². The van der Waals surface area contributed by atoms with Crippen LogP contribution in [0.25, 0.3) is 0 Å². The van der Waals surface area contributed by atoms with Crippen molar-refractivity contribution in [2.45, 2.75) is 399 Å². The van der Waals surface area contributed by atoms with Crippen molar-refractivity contribution in [2.24, 2.45) is 0 Å². The molecule has 0 heterocycles. The summed E-state index contributed by atoms with van der Waals surface area (Å²) >= 11 is 0. The third kappa shape index (κ3) is 66.5. The van der Waals surface area contributed by atoms with E-state index in [1.54, 1.807) is 0 Å². The lowest BCUT2D eigenvalue weighted by atomic mass is 10.0. The standard InChI is InChI=1S/C72H140O17P2/c1-5-9-13-17-21-24-27-30-31-32-33-34-37-40-43-47-51-55-59-72(77)89-68(63-83-70(75)57-53-49-45-41-38-35-28-25-22-18-14-10-6-2)65-87-91(80,81)85-61-66(73)60-84-90(78,79)86-64-67(62-82-69(74)56-52-48-44-20-16-12-8-4)88-71(76)58-54-50-46-42-39-36-29-26-23-19-15-11-7-3/h66-68,73H,5-65H2,1-4H3,(H,78,79)(H,80,81)/t66-,67+,68+/m0/s1.